The van der Waals surface area contributed by atoms with Gasteiger partial charge in [0.15, 0.2) is 0 Å². The molecule has 4 aromatic rings. The number of hydrogen-bond acceptors (Lipinski definition) is 3. The highest BCUT2D eigenvalue weighted by Gasteiger charge is 2.60. The number of halogens is 3. The Hall–Kier alpha value is -4.11. The summed E-state index contributed by atoms with van der Waals surface area (Å²) >= 11 is 0. The van der Waals surface area contributed by atoms with E-state index >= 15 is 0 Å². The summed E-state index contributed by atoms with van der Waals surface area (Å²) in [5.41, 5.74) is 5.52. The molecule has 2 fully saturated rings. The zero-order chi connectivity index (χ0) is 35.5. The van der Waals surface area contributed by atoms with Gasteiger partial charge in [0.05, 0.1) is 5.56 Å². The van der Waals surface area contributed by atoms with Crippen LogP contribution in [0.15, 0.2) is 60.7 Å². The average molecular weight is 673 g/mol. The molecule has 0 spiro atoms. The first-order valence-electron chi connectivity index (χ1n) is 17.1. The van der Waals surface area contributed by atoms with Crippen LogP contribution in [0.2, 0.25) is 0 Å². The summed E-state index contributed by atoms with van der Waals surface area (Å²) in [7, 11) is 2.00. The van der Waals surface area contributed by atoms with Crippen LogP contribution in [-0.4, -0.2) is 52.3 Å². The van der Waals surface area contributed by atoms with Crippen LogP contribution in [0.4, 0.5) is 18.9 Å². The summed E-state index contributed by atoms with van der Waals surface area (Å²) < 4.78 is 40.4. The minimum atomic E-state index is -4.47. The Morgan fingerprint density at radius 2 is 1.57 bits per heavy atom. The molecule has 9 heteroatoms. The highest BCUT2D eigenvalue weighted by atomic mass is 19.4. The maximum atomic E-state index is 14.8. The first-order valence-corrected chi connectivity index (χ1v) is 17.1. The van der Waals surface area contributed by atoms with Crippen molar-refractivity contribution in [3.63, 3.8) is 0 Å². The third kappa shape index (κ3) is 6.50. The fraction of sp³-hybridized carbons (Fsp3) is 0.450. The van der Waals surface area contributed by atoms with E-state index in [9.17, 15) is 22.8 Å². The summed E-state index contributed by atoms with van der Waals surface area (Å²) in [6.45, 7) is 13.6. The topological polar surface area (TPSA) is 68.4 Å². The number of piperidine rings is 1. The SMILES string of the molecule is Cc1cc(C)c(NC(=O)C2(N(Cc3ccc(C(F)(F)F)cc3)C(=O)C[C@H]3[C@H](c4c(C)[nH]c5ccccc45)C3(C)C)CCN(C)CC2)c(C)c1. The van der Waals surface area contributed by atoms with Crippen molar-refractivity contribution in [1.82, 2.24) is 14.8 Å². The van der Waals surface area contributed by atoms with Crippen LogP contribution in [0, 0.1) is 39.0 Å². The number of benzene rings is 3. The molecule has 6 nitrogen and oxygen atoms in total. The van der Waals surface area contributed by atoms with Crippen LogP contribution < -0.4 is 5.32 Å². The molecule has 1 saturated carbocycles. The number of aromatic nitrogens is 1. The number of nitrogens with one attached hydrogen (secondary N) is 2. The number of aryl methyl sites for hydroxylation is 4. The Morgan fingerprint density at radius 3 is 2.18 bits per heavy atom. The molecule has 1 aromatic heterocycles. The van der Waals surface area contributed by atoms with Crippen LogP contribution in [0.25, 0.3) is 10.9 Å². The number of para-hydroxylation sites is 1. The van der Waals surface area contributed by atoms with Crippen molar-refractivity contribution in [1.29, 1.82) is 0 Å². The Morgan fingerprint density at radius 1 is 0.959 bits per heavy atom. The number of hydrogen-bond donors (Lipinski definition) is 2. The molecule has 1 aliphatic carbocycles. The van der Waals surface area contributed by atoms with E-state index in [-0.39, 0.29) is 42.0 Å². The number of nitrogens with zero attached hydrogens (tertiary/aromatic N) is 2. The number of amides is 2. The summed E-state index contributed by atoms with van der Waals surface area (Å²) in [6, 6.07) is 17.2. The lowest BCUT2D eigenvalue weighted by atomic mass is 9.83. The number of carbonyl (C=O) groups is 2. The van der Waals surface area contributed by atoms with E-state index < -0.39 is 17.3 Å². The van der Waals surface area contributed by atoms with Gasteiger partial charge in [0.1, 0.15) is 5.54 Å². The number of fused-ring (bicyclic) bond motifs is 1. The van der Waals surface area contributed by atoms with Crippen LogP contribution in [0.5, 0.6) is 0 Å². The van der Waals surface area contributed by atoms with Crippen LogP contribution in [0.3, 0.4) is 0 Å². The van der Waals surface area contributed by atoms with Gasteiger partial charge in [0, 0.05) is 48.3 Å². The molecule has 260 valence electrons. The van der Waals surface area contributed by atoms with E-state index in [1.165, 1.54) is 17.7 Å². The summed E-state index contributed by atoms with van der Waals surface area (Å²) in [4.78, 5) is 36.9. The molecule has 3 aromatic carbocycles. The largest absolute Gasteiger partial charge is 0.416 e. The lowest BCUT2D eigenvalue weighted by Gasteiger charge is -2.47. The molecule has 2 N–H and O–H groups in total. The third-order valence-corrected chi connectivity index (χ3v) is 11.3. The van der Waals surface area contributed by atoms with Crippen molar-refractivity contribution >= 4 is 28.4 Å². The fourth-order valence-corrected chi connectivity index (χ4v) is 8.37. The third-order valence-electron chi connectivity index (χ3n) is 11.3. The molecule has 49 heavy (non-hydrogen) atoms. The number of aromatic amines is 1. The molecule has 2 heterocycles. The molecule has 2 atom stereocenters. The highest BCUT2D eigenvalue weighted by molar-refractivity contribution is 6.02. The van der Waals surface area contributed by atoms with Crippen molar-refractivity contribution in [3.8, 4) is 0 Å². The molecule has 0 unspecified atom stereocenters. The number of alkyl halides is 3. The lowest BCUT2D eigenvalue weighted by molar-refractivity contribution is -0.150. The van der Waals surface area contributed by atoms with Gasteiger partial charge in [-0.15, -0.1) is 0 Å². The number of likely N-dealkylation sites (tertiary alicyclic amines) is 1. The van der Waals surface area contributed by atoms with Gasteiger partial charge in [-0.25, -0.2) is 0 Å². The van der Waals surface area contributed by atoms with E-state index in [4.69, 9.17) is 0 Å². The minimum absolute atomic E-state index is 0.0287. The Kier molecular flexibility index (Phi) is 8.97. The second-order valence-electron chi connectivity index (χ2n) is 15.1. The molecular formula is C40H47F3N4O2. The molecule has 0 radical (unpaired) electrons. The normalized spacial score (nSPS) is 20.3. The van der Waals surface area contributed by atoms with Crippen molar-refractivity contribution < 1.29 is 22.8 Å². The minimum Gasteiger partial charge on any atom is -0.358 e. The van der Waals surface area contributed by atoms with Gasteiger partial charge in [0.25, 0.3) is 0 Å². The molecular weight excluding hydrogens is 625 g/mol. The van der Waals surface area contributed by atoms with Crippen molar-refractivity contribution in [2.45, 2.75) is 85.0 Å². The van der Waals surface area contributed by atoms with Gasteiger partial charge in [-0.05, 0) is 105 Å². The van der Waals surface area contributed by atoms with Crippen LogP contribution in [-0.2, 0) is 22.3 Å². The van der Waals surface area contributed by atoms with E-state index in [0.717, 1.165) is 51.1 Å². The van der Waals surface area contributed by atoms with Gasteiger partial charge in [0.2, 0.25) is 11.8 Å². The Bertz CT molecular complexity index is 1860. The van der Waals surface area contributed by atoms with Gasteiger partial charge >= 0.3 is 6.18 Å². The van der Waals surface area contributed by atoms with E-state index in [1.54, 1.807) is 4.90 Å². The van der Waals surface area contributed by atoms with Crippen molar-refractivity contribution in [2.75, 3.05) is 25.5 Å². The summed E-state index contributed by atoms with van der Waals surface area (Å²) in [5.74, 6) is -0.244. The average Bonchev–Trinajstić information content (AvgIpc) is 3.38. The quantitative estimate of drug-likeness (QED) is 0.197. The molecule has 1 aliphatic heterocycles. The van der Waals surface area contributed by atoms with Gasteiger partial charge in [-0.3, -0.25) is 9.59 Å². The Balaban J connectivity index is 1.38. The summed E-state index contributed by atoms with van der Waals surface area (Å²) in [6.07, 6.45) is -3.43. The van der Waals surface area contributed by atoms with Crippen LogP contribution >= 0.6 is 0 Å². The maximum absolute atomic E-state index is 14.8. The smallest absolute Gasteiger partial charge is 0.358 e. The zero-order valence-corrected chi connectivity index (χ0v) is 29.5. The standard InChI is InChI=1S/C40H47F3N4O2/c1-24-20-25(2)36(26(3)21-24)45-37(49)39(16-18-46(7)19-17-39)47(23-28-12-14-29(15-13-28)40(41,42)43)33(48)22-31-35(38(31,5)6)34-27(4)44-32-11-9-8-10-30(32)34/h8-15,20-21,31,35,44H,16-19,22-23H2,1-7H3,(H,45,49)/t31-,35+/m0/s1. The number of rotatable bonds is 8. The monoisotopic (exact) mass is 672 g/mol. The molecule has 6 rings (SSSR count). The van der Waals surface area contributed by atoms with E-state index in [1.807, 2.05) is 52.1 Å². The van der Waals surface area contributed by atoms with Gasteiger partial charge in [-0.1, -0.05) is 61.9 Å². The first-order chi connectivity index (χ1) is 23.0. The first kappa shape index (κ1) is 34.7. The van der Waals surface area contributed by atoms with Gasteiger partial charge in [-0.2, -0.15) is 13.2 Å². The van der Waals surface area contributed by atoms with Crippen LogP contribution in [0.1, 0.15) is 78.1 Å². The summed E-state index contributed by atoms with van der Waals surface area (Å²) in [5, 5.41) is 4.38. The number of H-pyrrole nitrogens is 1. The number of carbonyl (C=O) groups excluding carboxylic acids is 2. The van der Waals surface area contributed by atoms with E-state index in [2.05, 4.69) is 48.1 Å². The van der Waals surface area contributed by atoms with E-state index in [0.29, 0.717) is 31.5 Å². The highest BCUT2D eigenvalue weighted by Crippen LogP contribution is 2.67. The molecule has 1 saturated heterocycles. The second-order valence-corrected chi connectivity index (χ2v) is 15.1. The predicted molar refractivity (Wildman–Crippen MR) is 188 cm³/mol. The number of anilines is 1. The second kappa shape index (κ2) is 12.7. The van der Waals surface area contributed by atoms with Gasteiger partial charge < -0.3 is 20.1 Å². The maximum Gasteiger partial charge on any atom is 0.416 e. The zero-order valence-electron chi connectivity index (χ0n) is 29.5. The fourth-order valence-electron chi connectivity index (χ4n) is 8.37. The van der Waals surface area contributed by atoms with Crippen molar-refractivity contribution in [3.05, 3.63) is 99.7 Å². The molecule has 0 bridgehead atoms. The predicted octanol–water partition coefficient (Wildman–Crippen LogP) is 8.68. The Labute approximate surface area is 287 Å². The molecule has 2 amide bonds. The van der Waals surface area contributed by atoms with Crippen molar-refractivity contribution in [2.24, 2.45) is 11.3 Å². The molecule has 2 aliphatic rings. The lowest BCUT2D eigenvalue weighted by Crippen LogP contribution is -2.63.